The quantitative estimate of drug-likeness (QED) is 0.368. The lowest BCUT2D eigenvalue weighted by atomic mass is 10.4. The number of carbonyl (C=O) groups is 2. The molecule has 0 saturated heterocycles. The first-order valence-electron chi connectivity index (χ1n) is 5.31. The molecule has 0 spiro atoms. The van der Waals surface area contributed by atoms with E-state index in [4.69, 9.17) is 4.74 Å². The van der Waals surface area contributed by atoms with Crippen LogP contribution < -0.4 is 4.72 Å². The van der Waals surface area contributed by atoms with Crippen LogP contribution in [0.1, 0.15) is 13.3 Å². The summed E-state index contributed by atoms with van der Waals surface area (Å²) in [4.78, 5) is 21.9. The molecule has 0 radical (unpaired) electrons. The van der Waals surface area contributed by atoms with Crippen molar-refractivity contribution >= 4 is 22.0 Å². The number of sulfonamides is 1. The van der Waals surface area contributed by atoms with Gasteiger partial charge in [0, 0.05) is 18.7 Å². The average molecular weight is 279 g/mol. The highest BCUT2D eigenvalue weighted by molar-refractivity contribution is 7.88. The topological polar surface area (TPSA) is 98.8 Å². The second-order valence-corrected chi connectivity index (χ2v) is 5.11. The van der Waals surface area contributed by atoms with E-state index in [-0.39, 0.29) is 19.8 Å². The molecule has 0 aromatic rings. The van der Waals surface area contributed by atoms with Crippen molar-refractivity contribution in [1.82, 2.24) is 4.72 Å². The van der Waals surface area contributed by atoms with Gasteiger partial charge in [0.25, 0.3) is 0 Å². The van der Waals surface area contributed by atoms with Gasteiger partial charge in [0.05, 0.1) is 19.5 Å². The first-order valence-corrected chi connectivity index (χ1v) is 7.20. The lowest BCUT2D eigenvalue weighted by Crippen LogP contribution is -2.24. The van der Waals surface area contributed by atoms with Crippen LogP contribution in [-0.4, -0.2) is 46.4 Å². The van der Waals surface area contributed by atoms with Crippen LogP contribution in [0.15, 0.2) is 12.2 Å². The highest BCUT2D eigenvalue weighted by atomic mass is 32.2. The molecular weight excluding hydrogens is 262 g/mol. The summed E-state index contributed by atoms with van der Waals surface area (Å²) in [7, 11) is -3.22. The minimum absolute atomic E-state index is 0.0640. The molecule has 18 heavy (non-hydrogen) atoms. The Hall–Kier alpha value is -1.41. The summed E-state index contributed by atoms with van der Waals surface area (Å²) in [5.74, 6) is -1.30. The summed E-state index contributed by atoms with van der Waals surface area (Å²) in [6.07, 6.45) is 3.33. The molecule has 0 aliphatic heterocycles. The lowest BCUT2D eigenvalue weighted by Gasteiger charge is -2.02. The third kappa shape index (κ3) is 11.1. The maximum Gasteiger partial charge on any atom is 0.331 e. The molecule has 8 heteroatoms. The Kier molecular flexibility index (Phi) is 7.97. The third-order valence-electron chi connectivity index (χ3n) is 1.57. The van der Waals surface area contributed by atoms with Crippen LogP contribution in [0, 0.1) is 0 Å². The van der Waals surface area contributed by atoms with Gasteiger partial charge in [0.2, 0.25) is 10.0 Å². The van der Waals surface area contributed by atoms with E-state index in [9.17, 15) is 18.0 Å². The smallest absolute Gasteiger partial charge is 0.331 e. The van der Waals surface area contributed by atoms with Gasteiger partial charge in [-0.3, -0.25) is 0 Å². The first kappa shape index (κ1) is 16.6. The molecule has 0 aliphatic rings. The highest BCUT2D eigenvalue weighted by Crippen LogP contribution is 1.88. The molecule has 0 rings (SSSR count). The summed E-state index contributed by atoms with van der Waals surface area (Å²) in [6.45, 7) is 2.14. The molecule has 0 bridgehead atoms. The zero-order chi connectivity index (χ0) is 14.0. The van der Waals surface area contributed by atoms with Crippen molar-refractivity contribution in [1.29, 1.82) is 0 Å². The van der Waals surface area contributed by atoms with Crippen molar-refractivity contribution in [3.63, 3.8) is 0 Å². The van der Waals surface area contributed by atoms with E-state index in [2.05, 4.69) is 9.46 Å². The van der Waals surface area contributed by atoms with E-state index in [1.807, 2.05) is 0 Å². The summed E-state index contributed by atoms with van der Waals surface area (Å²) < 4.78 is 32.9. The monoisotopic (exact) mass is 279 g/mol. The van der Waals surface area contributed by atoms with Crippen molar-refractivity contribution < 1.29 is 27.5 Å². The van der Waals surface area contributed by atoms with E-state index in [1.165, 1.54) is 0 Å². The summed E-state index contributed by atoms with van der Waals surface area (Å²) in [5, 5.41) is 0. The van der Waals surface area contributed by atoms with E-state index in [0.29, 0.717) is 6.42 Å². The van der Waals surface area contributed by atoms with Gasteiger partial charge >= 0.3 is 11.9 Å². The largest absolute Gasteiger partial charge is 0.463 e. The van der Waals surface area contributed by atoms with Gasteiger partial charge in [-0.1, -0.05) is 0 Å². The molecule has 0 aromatic heterocycles. The molecule has 1 N–H and O–H groups in total. The maximum atomic E-state index is 11.1. The van der Waals surface area contributed by atoms with Crippen LogP contribution in [0.5, 0.6) is 0 Å². The van der Waals surface area contributed by atoms with E-state index in [1.54, 1.807) is 6.92 Å². The third-order valence-corrected chi connectivity index (χ3v) is 2.30. The fraction of sp³-hybridized carbons (Fsp3) is 0.600. The summed E-state index contributed by atoms with van der Waals surface area (Å²) in [5.41, 5.74) is 0. The van der Waals surface area contributed by atoms with E-state index in [0.717, 1.165) is 18.4 Å². The SMILES string of the molecule is CCOC(=O)C=CC(=O)OCCCNS(C)(=O)=O. The van der Waals surface area contributed by atoms with Crippen LogP contribution in [-0.2, 0) is 29.1 Å². The predicted molar refractivity (Wildman–Crippen MR) is 64.2 cm³/mol. The summed E-state index contributed by atoms with van der Waals surface area (Å²) in [6, 6.07) is 0. The van der Waals surface area contributed by atoms with Crippen molar-refractivity contribution in [3.05, 3.63) is 12.2 Å². The van der Waals surface area contributed by atoms with Crippen molar-refractivity contribution in [2.24, 2.45) is 0 Å². The number of hydrogen-bond donors (Lipinski definition) is 1. The van der Waals surface area contributed by atoms with Crippen molar-refractivity contribution in [3.8, 4) is 0 Å². The molecule has 7 nitrogen and oxygen atoms in total. The Bertz CT molecular complexity index is 401. The zero-order valence-corrected chi connectivity index (χ0v) is 11.2. The van der Waals surface area contributed by atoms with E-state index >= 15 is 0 Å². The second kappa shape index (κ2) is 8.65. The Balaban J connectivity index is 3.69. The second-order valence-electron chi connectivity index (χ2n) is 3.27. The normalized spacial score (nSPS) is 11.4. The minimum Gasteiger partial charge on any atom is -0.463 e. The van der Waals surface area contributed by atoms with Gasteiger partial charge < -0.3 is 9.47 Å². The van der Waals surface area contributed by atoms with E-state index < -0.39 is 22.0 Å². The molecule has 0 atom stereocenters. The van der Waals surface area contributed by atoms with Crippen LogP contribution in [0.3, 0.4) is 0 Å². The number of hydrogen-bond acceptors (Lipinski definition) is 6. The molecule has 0 amide bonds. The van der Waals surface area contributed by atoms with Gasteiger partial charge in [-0.05, 0) is 13.3 Å². The molecule has 0 aromatic carbocycles. The summed E-state index contributed by atoms with van der Waals surface area (Å²) >= 11 is 0. The van der Waals surface area contributed by atoms with Crippen LogP contribution in [0.2, 0.25) is 0 Å². The lowest BCUT2D eigenvalue weighted by molar-refractivity contribution is -0.140. The van der Waals surface area contributed by atoms with Crippen LogP contribution in [0.4, 0.5) is 0 Å². The standard InChI is InChI=1S/C10H17NO6S/c1-3-16-9(12)5-6-10(13)17-8-4-7-11-18(2,14)15/h5-6,11H,3-4,7-8H2,1-2H3. The van der Waals surface area contributed by atoms with Crippen molar-refractivity contribution in [2.45, 2.75) is 13.3 Å². The number of esters is 2. The Morgan fingerprint density at radius 3 is 2.22 bits per heavy atom. The molecule has 0 aliphatic carbocycles. The molecule has 0 saturated carbocycles. The zero-order valence-electron chi connectivity index (χ0n) is 10.3. The van der Waals surface area contributed by atoms with Gasteiger partial charge in [0.1, 0.15) is 0 Å². The van der Waals surface area contributed by atoms with Crippen LogP contribution >= 0.6 is 0 Å². The fourth-order valence-corrected chi connectivity index (χ4v) is 1.39. The molecule has 0 heterocycles. The molecular formula is C10H17NO6S. The van der Waals surface area contributed by atoms with Crippen molar-refractivity contribution in [2.75, 3.05) is 26.0 Å². The Morgan fingerprint density at radius 1 is 1.17 bits per heavy atom. The Morgan fingerprint density at radius 2 is 1.72 bits per heavy atom. The van der Waals surface area contributed by atoms with Crippen LogP contribution in [0.25, 0.3) is 0 Å². The molecule has 0 unspecified atom stereocenters. The average Bonchev–Trinajstić information content (AvgIpc) is 2.25. The van der Waals surface area contributed by atoms with Gasteiger partial charge in [-0.15, -0.1) is 0 Å². The van der Waals surface area contributed by atoms with Gasteiger partial charge in [0.15, 0.2) is 0 Å². The molecule has 0 fully saturated rings. The number of carbonyl (C=O) groups excluding carboxylic acids is 2. The first-order chi connectivity index (χ1) is 8.35. The highest BCUT2D eigenvalue weighted by Gasteiger charge is 2.01. The minimum atomic E-state index is -3.22. The number of rotatable bonds is 8. The van der Waals surface area contributed by atoms with Gasteiger partial charge in [-0.2, -0.15) is 0 Å². The predicted octanol–water partition coefficient (Wildman–Crippen LogP) is -0.412. The maximum absolute atomic E-state index is 11.1. The van der Waals surface area contributed by atoms with Gasteiger partial charge in [-0.25, -0.2) is 22.7 Å². The fourth-order valence-electron chi connectivity index (χ4n) is 0.877. The number of ether oxygens (including phenoxy) is 2. The molecule has 104 valence electrons. The Labute approximate surface area is 106 Å². The number of nitrogens with one attached hydrogen (secondary N) is 1.